The van der Waals surface area contributed by atoms with E-state index in [0.29, 0.717) is 13.0 Å². The van der Waals surface area contributed by atoms with Gasteiger partial charge in [-0.3, -0.25) is 4.79 Å². The lowest BCUT2D eigenvalue weighted by molar-refractivity contribution is -0.148. The van der Waals surface area contributed by atoms with Crippen molar-refractivity contribution >= 4 is 11.7 Å². The molecule has 1 heterocycles. The summed E-state index contributed by atoms with van der Waals surface area (Å²) in [6, 6.07) is 0. The van der Waals surface area contributed by atoms with Crippen LogP contribution in [0.2, 0.25) is 0 Å². The van der Waals surface area contributed by atoms with Crippen LogP contribution in [0.25, 0.3) is 0 Å². The van der Waals surface area contributed by atoms with Crippen LogP contribution in [0.1, 0.15) is 19.8 Å². The summed E-state index contributed by atoms with van der Waals surface area (Å²) in [4.78, 5) is 13.3. The summed E-state index contributed by atoms with van der Waals surface area (Å²) in [5.41, 5.74) is 4.57. The van der Waals surface area contributed by atoms with E-state index in [1.54, 1.807) is 14.0 Å². The molecule has 0 spiro atoms. The normalized spacial score (nSPS) is 26.7. The molecule has 0 aromatic rings. The van der Waals surface area contributed by atoms with Crippen molar-refractivity contribution in [3.8, 4) is 0 Å². The van der Waals surface area contributed by atoms with Crippen LogP contribution in [0, 0.1) is 0 Å². The Labute approximate surface area is 88.7 Å². The average molecular weight is 215 g/mol. The van der Waals surface area contributed by atoms with E-state index in [1.165, 1.54) is 4.90 Å². The molecule has 86 valence electrons. The van der Waals surface area contributed by atoms with Crippen LogP contribution in [-0.4, -0.2) is 47.7 Å². The largest absolute Gasteiger partial charge is 0.409 e. The predicted molar refractivity (Wildman–Crippen MR) is 54.6 cm³/mol. The molecule has 0 radical (unpaired) electrons. The number of hydrogen-bond donors (Lipinski definition) is 2. The van der Waals surface area contributed by atoms with Gasteiger partial charge in [-0.05, 0) is 19.8 Å². The smallest absolute Gasteiger partial charge is 0.254 e. The van der Waals surface area contributed by atoms with Crippen LogP contribution in [-0.2, 0) is 9.53 Å². The lowest BCUT2D eigenvalue weighted by Gasteiger charge is -2.27. The highest BCUT2D eigenvalue weighted by Crippen LogP contribution is 2.26. The molecule has 0 bridgehead atoms. The summed E-state index contributed by atoms with van der Waals surface area (Å²) in [6.07, 6.45) is 1.60. The Hall–Kier alpha value is -1.30. The quantitative estimate of drug-likeness (QED) is 0.294. The summed E-state index contributed by atoms with van der Waals surface area (Å²) in [5, 5.41) is 11.2. The van der Waals surface area contributed by atoms with Crippen molar-refractivity contribution in [2.45, 2.75) is 25.4 Å². The minimum atomic E-state index is -0.746. The highest BCUT2D eigenvalue weighted by Gasteiger charge is 2.39. The van der Waals surface area contributed by atoms with Crippen molar-refractivity contribution in [3.05, 3.63) is 0 Å². The van der Waals surface area contributed by atoms with Crippen molar-refractivity contribution < 1.29 is 14.7 Å². The summed E-state index contributed by atoms with van der Waals surface area (Å²) >= 11 is 0. The molecule has 1 aliphatic heterocycles. The van der Waals surface area contributed by atoms with Gasteiger partial charge in [-0.25, -0.2) is 0 Å². The second kappa shape index (κ2) is 4.48. The van der Waals surface area contributed by atoms with E-state index in [4.69, 9.17) is 15.7 Å². The third-order valence-electron chi connectivity index (χ3n) is 2.55. The Morgan fingerprint density at radius 3 is 2.87 bits per heavy atom. The zero-order valence-corrected chi connectivity index (χ0v) is 9.06. The van der Waals surface area contributed by atoms with Crippen LogP contribution >= 0.6 is 0 Å². The molecule has 0 aromatic carbocycles. The zero-order chi connectivity index (χ0) is 11.5. The van der Waals surface area contributed by atoms with E-state index in [0.717, 1.165) is 6.42 Å². The molecule has 1 rings (SSSR count). The molecule has 1 amide bonds. The Morgan fingerprint density at radius 2 is 2.40 bits per heavy atom. The summed E-state index contributed by atoms with van der Waals surface area (Å²) < 4.78 is 5.40. The molecular formula is C9H17N3O3. The van der Waals surface area contributed by atoms with E-state index in [-0.39, 0.29) is 18.3 Å². The van der Waals surface area contributed by atoms with Gasteiger partial charge in [0.25, 0.3) is 5.91 Å². The summed E-state index contributed by atoms with van der Waals surface area (Å²) in [5.74, 6) is -0.126. The first-order valence-corrected chi connectivity index (χ1v) is 4.85. The molecule has 1 saturated heterocycles. The Morgan fingerprint density at radius 1 is 1.73 bits per heavy atom. The first kappa shape index (κ1) is 11.8. The predicted octanol–water partition coefficient (Wildman–Crippen LogP) is -0.240. The molecule has 1 atom stereocenters. The van der Waals surface area contributed by atoms with Crippen LogP contribution < -0.4 is 5.73 Å². The van der Waals surface area contributed by atoms with Gasteiger partial charge in [-0.15, -0.1) is 0 Å². The average Bonchev–Trinajstić information content (AvgIpc) is 2.65. The van der Waals surface area contributed by atoms with Crippen molar-refractivity contribution in [3.63, 3.8) is 0 Å². The van der Waals surface area contributed by atoms with Gasteiger partial charge in [-0.1, -0.05) is 5.16 Å². The number of amidine groups is 1. The number of nitrogens with zero attached hydrogens (tertiary/aromatic N) is 2. The van der Waals surface area contributed by atoms with E-state index in [1.807, 2.05) is 0 Å². The molecule has 6 heteroatoms. The maximum atomic E-state index is 11.9. The zero-order valence-electron chi connectivity index (χ0n) is 9.06. The second-order valence-corrected chi connectivity index (χ2v) is 3.94. The Balaban J connectivity index is 2.59. The van der Waals surface area contributed by atoms with E-state index in [9.17, 15) is 4.79 Å². The standard InChI is InChI=1S/C9H17N3O3/c1-9(4-3-5-15-9)8(13)12(2)6-7(10)11-14/h14H,3-6H2,1-2H3,(H2,10,11). The third kappa shape index (κ3) is 2.59. The van der Waals surface area contributed by atoms with Gasteiger partial charge in [0.1, 0.15) is 5.60 Å². The first-order valence-electron chi connectivity index (χ1n) is 4.85. The second-order valence-electron chi connectivity index (χ2n) is 3.94. The number of carbonyl (C=O) groups is 1. The number of carbonyl (C=O) groups excluding carboxylic acids is 1. The van der Waals surface area contributed by atoms with Crippen molar-refractivity contribution in [2.75, 3.05) is 20.2 Å². The minimum absolute atomic E-state index is 0.00690. The van der Waals surface area contributed by atoms with Gasteiger partial charge >= 0.3 is 0 Å². The molecule has 15 heavy (non-hydrogen) atoms. The number of nitrogens with two attached hydrogens (primary N) is 1. The fourth-order valence-electron chi connectivity index (χ4n) is 1.70. The molecule has 1 aliphatic rings. The lowest BCUT2D eigenvalue weighted by atomic mass is 10.0. The topological polar surface area (TPSA) is 88.1 Å². The summed E-state index contributed by atoms with van der Waals surface area (Å²) in [7, 11) is 1.60. The fourth-order valence-corrected chi connectivity index (χ4v) is 1.70. The molecule has 0 aromatic heterocycles. The minimum Gasteiger partial charge on any atom is -0.409 e. The fraction of sp³-hybridized carbons (Fsp3) is 0.778. The van der Waals surface area contributed by atoms with E-state index in [2.05, 4.69) is 5.16 Å². The number of oxime groups is 1. The van der Waals surface area contributed by atoms with Crippen molar-refractivity contribution in [2.24, 2.45) is 10.9 Å². The van der Waals surface area contributed by atoms with E-state index < -0.39 is 5.60 Å². The maximum absolute atomic E-state index is 11.9. The van der Waals surface area contributed by atoms with Crippen molar-refractivity contribution in [1.29, 1.82) is 0 Å². The van der Waals surface area contributed by atoms with Gasteiger partial charge in [-0.2, -0.15) is 0 Å². The Bertz CT molecular complexity index is 272. The molecule has 3 N–H and O–H groups in total. The number of hydrogen-bond acceptors (Lipinski definition) is 4. The van der Waals surface area contributed by atoms with Gasteiger partial charge in [0, 0.05) is 13.7 Å². The van der Waals surface area contributed by atoms with Gasteiger partial charge in [0.05, 0.1) is 6.54 Å². The SMILES string of the molecule is CN(CC(N)=NO)C(=O)C1(C)CCCO1. The first-order chi connectivity index (χ1) is 6.99. The van der Waals surface area contributed by atoms with Gasteiger partial charge < -0.3 is 20.6 Å². The van der Waals surface area contributed by atoms with Crippen molar-refractivity contribution in [1.82, 2.24) is 4.90 Å². The van der Waals surface area contributed by atoms with E-state index >= 15 is 0 Å². The molecule has 1 fully saturated rings. The number of ether oxygens (including phenoxy) is 1. The van der Waals surface area contributed by atoms with Crippen LogP contribution in [0.4, 0.5) is 0 Å². The third-order valence-corrected chi connectivity index (χ3v) is 2.55. The summed E-state index contributed by atoms with van der Waals surface area (Å²) in [6.45, 7) is 2.49. The maximum Gasteiger partial charge on any atom is 0.254 e. The molecule has 0 saturated carbocycles. The lowest BCUT2D eigenvalue weighted by Crippen LogP contribution is -2.47. The number of rotatable bonds is 3. The van der Waals surface area contributed by atoms with Crippen LogP contribution in [0.5, 0.6) is 0 Å². The Kier molecular flexibility index (Phi) is 3.52. The highest BCUT2D eigenvalue weighted by molar-refractivity contribution is 5.90. The van der Waals surface area contributed by atoms with Crippen LogP contribution in [0.3, 0.4) is 0 Å². The van der Waals surface area contributed by atoms with Gasteiger partial charge in [0.15, 0.2) is 5.84 Å². The monoisotopic (exact) mass is 215 g/mol. The molecule has 6 nitrogen and oxygen atoms in total. The van der Waals surface area contributed by atoms with Crippen LogP contribution in [0.15, 0.2) is 5.16 Å². The number of amides is 1. The highest BCUT2D eigenvalue weighted by atomic mass is 16.5. The van der Waals surface area contributed by atoms with Gasteiger partial charge in [0.2, 0.25) is 0 Å². The molecular weight excluding hydrogens is 198 g/mol. The number of likely N-dealkylation sites (N-methyl/N-ethyl adjacent to an activating group) is 1. The molecule has 1 unspecified atom stereocenters. The molecule has 0 aliphatic carbocycles.